The maximum Gasteiger partial charge on any atom is 0.407 e. The van der Waals surface area contributed by atoms with Crippen LogP contribution in [-0.4, -0.2) is 36.4 Å². The third-order valence-corrected chi connectivity index (χ3v) is 1.81. The van der Waals surface area contributed by atoms with Gasteiger partial charge in [0, 0.05) is 0 Å². The van der Waals surface area contributed by atoms with E-state index in [1.807, 2.05) is 0 Å². The fourth-order valence-corrected chi connectivity index (χ4v) is 1.07. The second-order valence-electron chi connectivity index (χ2n) is 3.04. The molecule has 0 aromatic rings. The highest BCUT2D eigenvalue weighted by atomic mass is 35.5. The summed E-state index contributed by atoms with van der Waals surface area (Å²) in [4.78, 5) is 21.7. The Morgan fingerprint density at radius 3 is 2.50 bits per heavy atom. The van der Waals surface area contributed by atoms with E-state index >= 15 is 0 Å². The molecule has 0 aromatic carbocycles. The van der Waals surface area contributed by atoms with E-state index in [4.69, 9.17) is 10.8 Å². The van der Waals surface area contributed by atoms with Crippen LogP contribution in [0.5, 0.6) is 0 Å². The molecule has 0 saturated heterocycles. The summed E-state index contributed by atoms with van der Waals surface area (Å²) in [6.45, 7) is 2.40. The molecule has 0 aliphatic carbocycles. The van der Waals surface area contributed by atoms with Crippen molar-refractivity contribution in [3.8, 4) is 0 Å². The first-order valence-electron chi connectivity index (χ1n) is 4.98. The zero-order valence-corrected chi connectivity index (χ0v) is 10.1. The maximum absolute atomic E-state index is 11.0. The molecule has 4 N–H and O–H groups in total. The number of ether oxygens (including phenoxy) is 1. The predicted octanol–water partition coefficient (Wildman–Crippen LogP) is 0.737. The van der Waals surface area contributed by atoms with Gasteiger partial charge in [-0.15, -0.1) is 12.4 Å². The van der Waals surface area contributed by atoms with Gasteiger partial charge < -0.3 is 20.9 Å². The van der Waals surface area contributed by atoms with Crippen LogP contribution in [0.3, 0.4) is 0 Å². The van der Waals surface area contributed by atoms with Crippen LogP contribution in [0.25, 0.3) is 0 Å². The molecule has 0 heterocycles. The lowest BCUT2D eigenvalue weighted by atomic mass is 10.1. The molecule has 0 unspecified atom stereocenters. The Balaban J connectivity index is 0. The Kier molecular flexibility index (Phi) is 11.4. The summed E-state index contributed by atoms with van der Waals surface area (Å²) in [5, 5.41) is 11.1. The van der Waals surface area contributed by atoms with Crippen molar-refractivity contribution in [2.24, 2.45) is 5.73 Å². The normalized spacial score (nSPS) is 11.1. The molecule has 16 heavy (non-hydrogen) atoms. The van der Waals surface area contributed by atoms with Gasteiger partial charge in [0.1, 0.15) is 6.04 Å². The topological polar surface area (TPSA) is 102 Å². The van der Waals surface area contributed by atoms with Gasteiger partial charge in [-0.25, -0.2) is 9.59 Å². The van der Waals surface area contributed by atoms with Gasteiger partial charge in [-0.3, -0.25) is 0 Å². The second-order valence-corrected chi connectivity index (χ2v) is 3.04. The van der Waals surface area contributed by atoms with Gasteiger partial charge in [-0.1, -0.05) is 0 Å². The van der Waals surface area contributed by atoms with Crippen LogP contribution < -0.4 is 11.1 Å². The number of amides is 1. The minimum Gasteiger partial charge on any atom is -0.480 e. The first kappa shape index (κ1) is 17.4. The number of aliphatic carboxylic acids is 1. The highest BCUT2D eigenvalue weighted by molar-refractivity contribution is 5.85. The van der Waals surface area contributed by atoms with Crippen LogP contribution in [0, 0.1) is 0 Å². The van der Waals surface area contributed by atoms with E-state index in [0.717, 1.165) is 6.42 Å². The SMILES string of the molecule is CCOC(=O)N[C@@H](CCCCN)C(=O)O.Cl. The number of halogens is 1. The molecule has 0 radical (unpaired) electrons. The molecule has 1 amide bonds. The number of rotatable bonds is 7. The molecule has 96 valence electrons. The van der Waals surface area contributed by atoms with Gasteiger partial charge in [0.05, 0.1) is 6.61 Å². The molecule has 0 saturated carbocycles. The van der Waals surface area contributed by atoms with E-state index in [-0.39, 0.29) is 19.0 Å². The zero-order valence-electron chi connectivity index (χ0n) is 9.27. The fraction of sp³-hybridized carbons (Fsp3) is 0.778. The summed E-state index contributed by atoms with van der Waals surface area (Å²) in [5.41, 5.74) is 5.28. The molecule has 0 aliphatic rings. The predicted molar refractivity (Wildman–Crippen MR) is 61.7 cm³/mol. The molecule has 0 fully saturated rings. The summed E-state index contributed by atoms with van der Waals surface area (Å²) < 4.78 is 4.59. The molecule has 0 aromatic heterocycles. The van der Waals surface area contributed by atoms with Crippen molar-refractivity contribution in [1.29, 1.82) is 0 Å². The van der Waals surface area contributed by atoms with Crippen LogP contribution in [0.2, 0.25) is 0 Å². The monoisotopic (exact) mass is 254 g/mol. The summed E-state index contributed by atoms with van der Waals surface area (Å²) in [6, 6.07) is -0.893. The number of hydrogen-bond acceptors (Lipinski definition) is 4. The van der Waals surface area contributed by atoms with Gasteiger partial charge >= 0.3 is 12.1 Å². The van der Waals surface area contributed by atoms with E-state index in [9.17, 15) is 9.59 Å². The van der Waals surface area contributed by atoms with Crippen LogP contribution in [0.4, 0.5) is 4.79 Å². The number of unbranched alkanes of at least 4 members (excludes halogenated alkanes) is 1. The zero-order chi connectivity index (χ0) is 11.7. The van der Waals surface area contributed by atoms with Gasteiger partial charge in [-0.05, 0) is 32.7 Å². The summed E-state index contributed by atoms with van der Waals surface area (Å²) in [7, 11) is 0. The van der Waals surface area contributed by atoms with E-state index in [1.54, 1.807) is 6.92 Å². The highest BCUT2D eigenvalue weighted by Gasteiger charge is 2.19. The Bertz CT molecular complexity index is 214. The van der Waals surface area contributed by atoms with Crippen LogP contribution >= 0.6 is 12.4 Å². The standard InChI is InChI=1S/C9H18N2O4.ClH/c1-2-15-9(14)11-7(8(12)13)5-3-4-6-10;/h7H,2-6,10H2,1H3,(H,11,14)(H,12,13);1H/t7-;/m0./s1. The average Bonchev–Trinajstić information content (AvgIpc) is 2.16. The number of nitrogens with two attached hydrogens (primary N) is 1. The minimum absolute atomic E-state index is 0. The van der Waals surface area contributed by atoms with Crippen LogP contribution in [-0.2, 0) is 9.53 Å². The summed E-state index contributed by atoms with van der Waals surface area (Å²) in [6.07, 6.45) is 1.08. The lowest BCUT2D eigenvalue weighted by Crippen LogP contribution is -2.41. The number of alkyl carbamates (subject to hydrolysis) is 1. The number of carbonyl (C=O) groups is 2. The summed E-state index contributed by atoms with van der Waals surface area (Å²) in [5.74, 6) is -1.06. The van der Waals surface area contributed by atoms with Crippen molar-refractivity contribution >= 4 is 24.5 Å². The van der Waals surface area contributed by atoms with Gasteiger partial charge in [-0.2, -0.15) is 0 Å². The van der Waals surface area contributed by atoms with Gasteiger partial charge in [0.25, 0.3) is 0 Å². The molecule has 6 nitrogen and oxygen atoms in total. The van der Waals surface area contributed by atoms with Crippen molar-refractivity contribution in [2.45, 2.75) is 32.2 Å². The van der Waals surface area contributed by atoms with Crippen molar-refractivity contribution in [2.75, 3.05) is 13.2 Å². The smallest absolute Gasteiger partial charge is 0.407 e. The lowest BCUT2D eigenvalue weighted by Gasteiger charge is -2.13. The minimum atomic E-state index is -1.06. The van der Waals surface area contributed by atoms with Gasteiger partial charge in [0.15, 0.2) is 0 Å². The van der Waals surface area contributed by atoms with Crippen molar-refractivity contribution < 1.29 is 19.4 Å². The van der Waals surface area contributed by atoms with Crippen molar-refractivity contribution in [3.05, 3.63) is 0 Å². The molecule has 7 heteroatoms. The van der Waals surface area contributed by atoms with E-state index < -0.39 is 18.1 Å². The molecule has 0 spiro atoms. The highest BCUT2D eigenvalue weighted by Crippen LogP contribution is 2.01. The maximum atomic E-state index is 11.0. The molecular formula is C9H19ClN2O4. The van der Waals surface area contributed by atoms with Crippen LogP contribution in [0.1, 0.15) is 26.2 Å². The average molecular weight is 255 g/mol. The summed E-state index contributed by atoms with van der Waals surface area (Å²) >= 11 is 0. The van der Waals surface area contributed by atoms with E-state index in [0.29, 0.717) is 19.4 Å². The third-order valence-electron chi connectivity index (χ3n) is 1.81. The van der Waals surface area contributed by atoms with Gasteiger partial charge in [0.2, 0.25) is 0 Å². The Labute approximate surface area is 101 Å². The van der Waals surface area contributed by atoms with Crippen LogP contribution in [0.15, 0.2) is 0 Å². The van der Waals surface area contributed by atoms with E-state index in [1.165, 1.54) is 0 Å². The first-order chi connectivity index (χ1) is 7.11. The number of carbonyl (C=O) groups excluding carboxylic acids is 1. The molecule has 1 atom stereocenters. The van der Waals surface area contributed by atoms with Crippen molar-refractivity contribution in [1.82, 2.24) is 5.32 Å². The second kappa shape index (κ2) is 10.5. The number of nitrogens with one attached hydrogen (secondary N) is 1. The quantitative estimate of drug-likeness (QED) is 0.582. The van der Waals surface area contributed by atoms with Crippen molar-refractivity contribution in [3.63, 3.8) is 0 Å². The molecule has 0 bridgehead atoms. The lowest BCUT2D eigenvalue weighted by molar-refractivity contribution is -0.139. The molecular weight excluding hydrogens is 236 g/mol. The number of carboxylic acid groups (broad SMARTS) is 1. The Hall–Kier alpha value is -1.01. The number of carboxylic acids is 1. The first-order valence-corrected chi connectivity index (χ1v) is 4.98. The molecule has 0 aliphatic heterocycles. The largest absolute Gasteiger partial charge is 0.480 e. The number of hydrogen-bond donors (Lipinski definition) is 3. The Morgan fingerprint density at radius 1 is 1.44 bits per heavy atom. The Morgan fingerprint density at radius 2 is 2.06 bits per heavy atom. The third kappa shape index (κ3) is 8.31. The van der Waals surface area contributed by atoms with E-state index in [2.05, 4.69) is 10.1 Å². The molecule has 0 rings (SSSR count). The fourth-order valence-electron chi connectivity index (χ4n) is 1.07.